The third-order valence-electron chi connectivity index (χ3n) is 4.71. The van der Waals surface area contributed by atoms with Gasteiger partial charge in [-0.25, -0.2) is 0 Å². The summed E-state index contributed by atoms with van der Waals surface area (Å²) in [5.41, 5.74) is 3.82. The summed E-state index contributed by atoms with van der Waals surface area (Å²) in [5.74, 6) is 0.205. The van der Waals surface area contributed by atoms with Gasteiger partial charge in [-0.05, 0) is 46.3 Å². The molecule has 2 heterocycles. The maximum absolute atomic E-state index is 12.8. The summed E-state index contributed by atoms with van der Waals surface area (Å²) in [6, 6.07) is 8.36. The lowest BCUT2D eigenvalue weighted by Crippen LogP contribution is -2.28. The minimum atomic E-state index is -0.0775. The van der Waals surface area contributed by atoms with Gasteiger partial charge in [0, 0.05) is 32.4 Å². The SMILES string of the molecule is CC(C)c1[nH]nc(C(=O)N(C)Cc2ccccc2N2CCCC2)c1Br. The molecular weight excluding hydrogens is 380 g/mol. The first-order valence-electron chi connectivity index (χ1n) is 8.81. The van der Waals surface area contributed by atoms with Crippen molar-refractivity contribution in [3.63, 3.8) is 0 Å². The largest absolute Gasteiger partial charge is 0.371 e. The van der Waals surface area contributed by atoms with E-state index in [9.17, 15) is 4.79 Å². The number of nitrogens with one attached hydrogen (secondary N) is 1. The molecular formula is C19H25BrN4O. The monoisotopic (exact) mass is 404 g/mol. The van der Waals surface area contributed by atoms with E-state index in [4.69, 9.17) is 0 Å². The summed E-state index contributed by atoms with van der Waals surface area (Å²) >= 11 is 3.53. The molecule has 3 rings (SSSR count). The third-order valence-corrected chi connectivity index (χ3v) is 5.51. The highest BCUT2D eigenvalue weighted by Gasteiger charge is 2.23. The average molecular weight is 405 g/mol. The number of para-hydroxylation sites is 1. The molecule has 0 atom stereocenters. The second kappa shape index (κ2) is 7.60. The number of carbonyl (C=O) groups is 1. The summed E-state index contributed by atoms with van der Waals surface area (Å²) in [7, 11) is 1.83. The van der Waals surface area contributed by atoms with Crippen LogP contribution in [0.25, 0.3) is 0 Å². The van der Waals surface area contributed by atoms with Crippen LogP contribution < -0.4 is 4.90 Å². The highest BCUT2D eigenvalue weighted by Crippen LogP contribution is 2.28. The van der Waals surface area contributed by atoms with Crippen LogP contribution in [-0.2, 0) is 6.54 Å². The van der Waals surface area contributed by atoms with Gasteiger partial charge in [-0.3, -0.25) is 9.89 Å². The maximum atomic E-state index is 12.8. The van der Waals surface area contributed by atoms with Crippen LogP contribution in [0.3, 0.4) is 0 Å². The van der Waals surface area contributed by atoms with Crippen molar-refractivity contribution in [2.75, 3.05) is 25.0 Å². The van der Waals surface area contributed by atoms with Gasteiger partial charge in [0.15, 0.2) is 5.69 Å². The molecule has 0 spiro atoms. The smallest absolute Gasteiger partial charge is 0.275 e. The molecule has 1 aromatic carbocycles. The van der Waals surface area contributed by atoms with Crippen LogP contribution in [0, 0.1) is 0 Å². The quantitative estimate of drug-likeness (QED) is 0.813. The summed E-state index contributed by atoms with van der Waals surface area (Å²) in [6.07, 6.45) is 2.47. The topological polar surface area (TPSA) is 52.2 Å². The standard InChI is InChI=1S/C19H25BrN4O/c1-13(2)17-16(20)18(22-21-17)19(25)23(3)12-14-8-4-5-9-15(14)24-10-6-7-11-24/h4-5,8-9,13H,6-7,10-12H2,1-3H3,(H,21,22). The van der Waals surface area contributed by atoms with Crippen LogP contribution in [0.15, 0.2) is 28.7 Å². The molecule has 0 bridgehead atoms. The number of nitrogens with zero attached hydrogens (tertiary/aromatic N) is 3. The lowest BCUT2D eigenvalue weighted by atomic mass is 10.1. The van der Waals surface area contributed by atoms with Crippen LogP contribution >= 0.6 is 15.9 Å². The number of anilines is 1. The van der Waals surface area contributed by atoms with Gasteiger partial charge in [0.25, 0.3) is 5.91 Å². The fourth-order valence-electron chi connectivity index (χ4n) is 3.29. The van der Waals surface area contributed by atoms with E-state index in [-0.39, 0.29) is 11.8 Å². The van der Waals surface area contributed by atoms with Crippen molar-refractivity contribution in [1.29, 1.82) is 0 Å². The molecule has 2 aromatic rings. The number of halogens is 1. The van der Waals surface area contributed by atoms with Crippen molar-refractivity contribution < 1.29 is 4.79 Å². The molecule has 1 saturated heterocycles. The van der Waals surface area contributed by atoms with E-state index in [0.717, 1.165) is 23.3 Å². The molecule has 1 aromatic heterocycles. The number of hydrogen-bond donors (Lipinski definition) is 1. The summed E-state index contributed by atoms with van der Waals surface area (Å²) in [4.78, 5) is 17.0. The van der Waals surface area contributed by atoms with Gasteiger partial charge in [0.2, 0.25) is 0 Å². The molecule has 0 saturated carbocycles. The number of aromatic nitrogens is 2. The van der Waals surface area contributed by atoms with Crippen molar-refractivity contribution in [3.8, 4) is 0 Å². The van der Waals surface area contributed by atoms with E-state index < -0.39 is 0 Å². The molecule has 6 heteroatoms. The predicted octanol–water partition coefficient (Wildman–Crippen LogP) is 4.17. The number of rotatable bonds is 5. The van der Waals surface area contributed by atoms with E-state index in [2.05, 4.69) is 63.1 Å². The number of amides is 1. The van der Waals surface area contributed by atoms with E-state index >= 15 is 0 Å². The highest BCUT2D eigenvalue weighted by molar-refractivity contribution is 9.10. The van der Waals surface area contributed by atoms with Gasteiger partial charge < -0.3 is 9.80 Å². The van der Waals surface area contributed by atoms with Crippen molar-refractivity contribution in [2.24, 2.45) is 0 Å². The normalized spacial score (nSPS) is 14.4. The molecule has 0 radical (unpaired) electrons. The first kappa shape index (κ1) is 18.0. The zero-order valence-corrected chi connectivity index (χ0v) is 16.6. The van der Waals surface area contributed by atoms with Gasteiger partial charge in [-0.1, -0.05) is 32.0 Å². The Balaban J connectivity index is 1.78. The van der Waals surface area contributed by atoms with E-state index in [0.29, 0.717) is 12.2 Å². The Hall–Kier alpha value is -1.82. The van der Waals surface area contributed by atoms with Gasteiger partial charge in [-0.2, -0.15) is 5.10 Å². The fraction of sp³-hybridized carbons (Fsp3) is 0.474. The first-order chi connectivity index (χ1) is 12.0. The maximum Gasteiger partial charge on any atom is 0.275 e. The van der Waals surface area contributed by atoms with E-state index in [1.54, 1.807) is 4.90 Å². The number of benzene rings is 1. The molecule has 1 fully saturated rings. The molecule has 1 aliphatic heterocycles. The van der Waals surface area contributed by atoms with Gasteiger partial charge in [0.1, 0.15) is 0 Å². The van der Waals surface area contributed by atoms with Crippen molar-refractivity contribution in [1.82, 2.24) is 15.1 Å². The van der Waals surface area contributed by atoms with Crippen LogP contribution in [0.5, 0.6) is 0 Å². The van der Waals surface area contributed by atoms with Crippen LogP contribution in [-0.4, -0.2) is 41.1 Å². The fourth-order valence-corrected chi connectivity index (χ4v) is 4.09. The lowest BCUT2D eigenvalue weighted by molar-refractivity contribution is 0.0778. The lowest BCUT2D eigenvalue weighted by Gasteiger charge is -2.24. The molecule has 25 heavy (non-hydrogen) atoms. The molecule has 5 nitrogen and oxygen atoms in total. The molecule has 1 N–H and O–H groups in total. The first-order valence-corrected chi connectivity index (χ1v) is 9.60. The number of aromatic amines is 1. The third kappa shape index (κ3) is 3.73. The highest BCUT2D eigenvalue weighted by atomic mass is 79.9. The Bertz CT molecular complexity index is 750. The van der Waals surface area contributed by atoms with E-state index in [1.165, 1.54) is 24.1 Å². The van der Waals surface area contributed by atoms with Crippen molar-refractivity contribution in [3.05, 3.63) is 45.7 Å². The average Bonchev–Trinajstić information content (AvgIpc) is 3.24. The molecule has 1 amide bonds. The zero-order valence-electron chi connectivity index (χ0n) is 15.1. The van der Waals surface area contributed by atoms with Crippen molar-refractivity contribution in [2.45, 2.75) is 39.2 Å². The minimum Gasteiger partial charge on any atom is -0.371 e. The summed E-state index contributed by atoms with van der Waals surface area (Å²) in [5, 5.41) is 7.20. The van der Waals surface area contributed by atoms with Crippen LogP contribution in [0.2, 0.25) is 0 Å². The molecule has 0 unspecified atom stereocenters. The number of hydrogen-bond acceptors (Lipinski definition) is 3. The number of H-pyrrole nitrogens is 1. The number of carbonyl (C=O) groups excluding carboxylic acids is 1. The second-order valence-corrected chi connectivity index (χ2v) is 7.73. The van der Waals surface area contributed by atoms with Crippen LogP contribution in [0.4, 0.5) is 5.69 Å². The molecule has 0 aliphatic carbocycles. The molecule has 1 aliphatic rings. The van der Waals surface area contributed by atoms with Crippen molar-refractivity contribution >= 4 is 27.5 Å². The Morgan fingerprint density at radius 3 is 2.64 bits per heavy atom. The van der Waals surface area contributed by atoms with Gasteiger partial charge in [-0.15, -0.1) is 0 Å². The van der Waals surface area contributed by atoms with Gasteiger partial charge >= 0.3 is 0 Å². The second-order valence-electron chi connectivity index (χ2n) is 6.94. The Kier molecular flexibility index (Phi) is 5.47. The summed E-state index contributed by atoms with van der Waals surface area (Å²) in [6.45, 7) is 6.90. The Morgan fingerprint density at radius 1 is 1.32 bits per heavy atom. The summed E-state index contributed by atoms with van der Waals surface area (Å²) < 4.78 is 0.771. The van der Waals surface area contributed by atoms with Gasteiger partial charge in [0.05, 0.1) is 10.2 Å². The Morgan fingerprint density at radius 2 is 2.00 bits per heavy atom. The van der Waals surface area contributed by atoms with Crippen LogP contribution in [0.1, 0.15) is 54.4 Å². The predicted molar refractivity (Wildman–Crippen MR) is 104 cm³/mol. The minimum absolute atomic E-state index is 0.0775. The Labute approximate surface area is 157 Å². The zero-order chi connectivity index (χ0) is 18.0. The molecule has 134 valence electrons. The van der Waals surface area contributed by atoms with E-state index in [1.807, 2.05) is 13.1 Å².